The SMILES string of the molecule is NC(=O)c1cc(-c2csc(NC(=O)c3ccccc3CSc3nc4ccccc4[nH]3)n2)c[nH]1. The Morgan fingerprint density at radius 1 is 1.09 bits per heavy atom. The van der Waals surface area contributed by atoms with Crippen LogP contribution in [-0.4, -0.2) is 31.8 Å². The largest absolute Gasteiger partial charge is 0.364 e. The summed E-state index contributed by atoms with van der Waals surface area (Å²) in [6.45, 7) is 0. The molecule has 0 radical (unpaired) electrons. The summed E-state index contributed by atoms with van der Waals surface area (Å²) >= 11 is 2.85. The number of hydrogen-bond acceptors (Lipinski definition) is 6. The van der Waals surface area contributed by atoms with E-state index in [1.807, 2.05) is 47.8 Å². The number of hydrogen-bond donors (Lipinski definition) is 4. The van der Waals surface area contributed by atoms with Crippen LogP contribution in [0.4, 0.5) is 5.13 Å². The van der Waals surface area contributed by atoms with Crippen molar-refractivity contribution in [2.45, 2.75) is 10.9 Å². The molecule has 0 aliphatic heterocycles. The number of rotatable bonds is 7. The summed E-state index contributed by atoms with van der Waals surface area (Å²) in [6.07, 6.45) is 1.66. The Balaban J connectivity index is 1.29. The van der Waals surface area contributed by atoms with Gasteiger partial charge in [0.25, 0.3) is 11.8 Å². The van der Waals surface area contributed by atoms with Crippen LogP contribution in [0.15, 0.2) is 71.3 Å². The first-order valence-corrected chi connectivity index (χ1v) is 11.8. The number of fused-ring (bicyclic) bond motifs is 1. The van der Waals surface area contributed by atoms with Crippen LogP contribution in [0.25, 0.3) is 22.3 Å². The molecular weight excluding hydrogens is 456 g/mol. The van der Waals surface area contributed by atoms with E-state index < -0.39 is 5.91 Å². The van der Waals surface area contributed by atoms with Gasteiger partial charge >= 0.3 is 0 Å². The first-order valence-electron chi connectivity index (χ1n) is 9.98. The van der Waals surface area contributed by atoms with Crippen molar-refractivity contribution in [3.63, 3.8) is 0 Å². The Labute approximate surface area is 196 Å². The molecule has 164 valence electrons. The molecule has 0 saturated carbocycles. The molecule has 0 bridgehead atoms. The number of nitrogens with one attached hydrogen (secondary N) is 3. The van der Waals surface area contributed by atoms with Crippen molar-refractivity contribution >= 4 is 51.1 Å². The van der Waals surface area contributed by atoms with Gasteiger partial charge in [-0.25, -0.2) is 9.97 Å². The maximum absolute atomic E-state index is 13.0. The Morgan fingerprint density at radius 2 is 1.91 bits per heavy atom. The van der Waals surface area contributed by atoms with Crippen molar-refractivity contribution in [1.82, 2.24) is 19.9 Å². The highest BCUT2D eigenvalue weighted by atomic mass is 32.2. The number of H-pyrrole nitrogens is 2. The topological polar surface area (TPSA) is 130 Å². The lowest BCUT2D eigenvalue weighted by atomic mass is 10.1. The van der Waals surface area contributed by atoms with Crippen LogP contribution in [0.3, 0.4) is 0 Å². The number of aromatic amines is 2. The summed E-state index contributed by atoms with van der Waals surface area (Å²) in [6, 6.07) is 17.0. The monoisotopic (exact) mass is 474 g/mol. The molecule has 8 nitrogen and oxygen atoms in total. The zero-order valence-corrected chi connectivity index (χ0v) is 18.8. The molecule has 0 saturated heterocycles. The van der Waals surface area contributed by atoms with Gasteiger partial charge in [-0.2, -0.15) is 0 Å². The molecule has 0 unspecified atom stereocenters. The highest BCUT2D eigenvalue weighted by Gasteiger charge is 2.15. The predicted octanol–water partition coefficient (Wildman–Crippen LogP) is 4.66. The lowest BCUT2D eigenvalue weighted by molar-refractivity contribution is 0.0994. The molecule has 0 atom stereocenters. The second kappa shape index (κ2) is 8.93. The Hall–Kier alpha value is -3.89. The van der Waals surface area contributed by atoms with E-state index in [2.05, 4.69) is 25.3 Å². The molecule has 3 aromatic heterocycles. The lowest BCUT2D eigenvalue weighted by Crippen LogP contribution is -2.13. The van der Waals surface area contributed by atoms with Gasteiger partial charge in [0.1, 0.15) is 5.69 Å². The smallest absolute Gasteiger partial charge is 0.265 e. The summed E-state index contributed by atoms with van der Waals surface area (Å²) in [5.41, 5.74) is 10.3. The molecule has 10 heteroatoms. The Kier molecular flexibility index (Phi) is 5.68. The van der Waals surface area contributed by atoms with Crippen molar-refractivity contribution in [3.8, 4) is 11.3 Å². The van der Waals surface area contributed by atoms with Gasteiger partial charge in [-0.15, -0.1) is 11.3 Å². The van der Waals surface area contributed by atoms with Crippen LogP contribution in [0.2, 0.25) is 0 Å². The van der Waals surface area contributed by atoms with Crippen LogP contribution in [-0.2, 0) is 5.75 Å². The number of primary amides is 1. The molecule has 2 aromatic carbocycles. The van der Waals surface area contributed by atoms with E-state index in [4.69, 9.17) is 5.73 Å². The number of thiazole rings is 1. The van der Waals surface area contributed by atoms with Gasteiger partial charge in [-0.05, 0) is 29.8 Å². The first kappa shape index (κ1) is 21.0. The van der Waals surface area contributed by atoms with E-state index >= 15 is 0 Å². The van der Waals surface area contributed by atoms with Crippen molar-refractivity contribution < 1.29 is 9.59 Å². The van der Waals surface area contributed by atoms with E-state index in [0.717, 1.165) is 27.3 Å². The zero-order valence-electron chi connectivity index (χ0n) is 17.2. The van der Waals surface area contributed by atoms with Gasteiger partial charge < -0.3 is 15.7 Å². The van der Waals surface area contributed by atoms with Crippen molar-refractivity contribution in [2.75, 3.05) is 5.32 Å². The van der Waals surface area contributed by atoms with E-state index in [1.165, 1.54) is 11.3 Å². The quantitative estimate of drug-likeness (QED) is 0.255. The number of para-hydroxylation sites is 2. The minimum atomic E-state index is -0.540. The molecule has 5 aromatic rings. The molecule has 2 amide bonds. The predicted molar refractivity (Wildman–Crippen MR) is 130 cm³/mol. The molecule has 0 aliphatic rings. The average Bonchev–Trinajstić information content (AvgIpc) is 3.56. The molecule has 5 N–H and O–H groups in total. The van der Waals surface area contributed by atoms with Crippen molar-refractivity contribution in [3.05, 3.63) is 83.0 Å². The van der Waals surface area contributed by atoms with E-state index in [1.54, 1.807) is 30.1 Å². The van der Waals surface area contributed by atoms with Crippen LogP contribution in [0, 0.1) is 0 Å². The maximum Gasteiger partial charge on any atom is 0.265 e. The van der Waals surface area contributed by atoms with E-state index in [-0.39, 0.29) is 5.91 Å². The number of nitrogens with zero attached hydrogens (tertiary/aromatic N) is 2. The number of amides is 2. The number of thioether (sulfide) groups is 1. The minimum Gasteiger partial charge on any atom is -0.364 e. The number of anilines is 1. The fourth-order valence-electron chi connectivity index (χ4n) is 3.32. The summed E-state index contributed by atoms with van der Waals surface area (Å²) < 4.78 is 0. The summed E-state index contributed by atoms with van der Waals surface area (Å²) in [5, 5.41) is 5.96. The second-order valence-electron chi connectivity index (χ2n) is 7.16. The zero-order chi connectivity index (χ0) is 22.8. The normalized spacial score (nSPS) is 11.0. The lowest BCUT2D eigenvalue weighted by Gasteiger charge is -2.08. The molecule has 33 heavy (non-hydrogen) atoms. The van der Waals surface area contributed by atoms with Crippen molar-refractivity contribution in [2.24, 2.45) is 5.73 Å². The standard InChI is InChI=1S/C23H18N6O2S2/c24-20(30)18-9-14(10-25-18)19-12-33-23(28-19)29-21(31)15-6-2-1-5-13(15)11-32-22-26-16-7-3-4-8-17(16)27-22/h1-10,12,25H,11H2,(H2,24,30)(H,26,27)(H,28,29,31). The third kappa shape index (κ3) is 4.52. The van der Waals surface area contributed by atoms with Crippen LogP contribution >= 0.6 is 23.1 Å². The Bertz CT molecular complexity index is 1440. The fourth-order valence-corrected chi connectivity index (χ4v) is 4.93. The number of nitrogens with two attached hydrogens (primary N) is 1. The third-order valence-corrected chi connectivity index (χ3v) is 6.64. The maximum atomic E-state index is 13.0. The van der Waals surface area contributed by atoms with E-state index in [0.29, 0.717) is 27.8 Å². The number of benzene rings is 2. The number of aromatic nitrogens is 4. The minimum absolute atomic E-state index is 0.233. The van der Waals surface area contributed by atoms with Crippen molar-refractivity contribution in [1.29, 1.82) is 0 Å². The summed E-state index contributed by atoms with van der Waals surface area (Å²) in [5.74, 6) is -0.183. The van der Waals surface area contributed by atoms with Gasteiger partial charge in [0.2, 0.25) is 0 Å². The highest BCUT2D eigenvalue weighted by Crippen LogP contribution is 2.28. The third-order valence-electron chi connectivity index (χ3n) is 4.96. The second-order valence-corrected chi connectivity index (χ2v) is 8.99. The Morgan fingerprint density at radius 3 is 2.73 bits per heavy atom. The molecule has 0 fully saturated rings. The van der Waals surface area contributed by atoms with Crippen LogP contribution in [0.1, 0.15) is 26.4 Å². The summed E-state index contributed by atoms with van der Waals surface area (Å²) in [4.78, 5) is 39.4. The molecule has 3 heterocycles. The molecule has 5 rings (SSSR count). The molecule has 0 aliphatic carbocycles. The number of carbonyl (C=O) groups excluding carboxylic acids is 2. The van der Waals surface area contributed by atoms with Gasteiger partial charge in [-0.1, -0.05) is 42.1 Å². The van der Waals surface area contributed by atoms with Gasteiger partial charge in [0, 0.05) is 28.5 Å². The average molecular weight is 475 g/mol. The summed E-state index contributed by atoms with van der Waals surface area (Å²) in [7, 11) is 0. The van der Waals surface area contributed by atoms with Gasteiger partial charge in [0.15, 0.2) is 10.3 Å². The highest BCUT2D eigenvalue weighted by molar-refractivity contribution is 7.98. The molecule has 0 spiro atoms. The fraction of sp³-hybridized carbons (Fsp3) is 0.0435. The van der Waals surface area contributed by atoms with Gasteiger partial charge in [0.05, 0.1) is 16.7 Å². The molecular formula is C23H18N6O2S2. The van der Waals surface area contributed by atoms with E-state index in [9.17, 15) is 9.59 Å². The first-order chi connectivity index (χ1) is 16.1. The van der Waals surface area contributed by atoms with Gasteiger partial charge in [-0.3, -0.25) is 14.9 Å². The van der Waals surface area contributed by atoms with Crippen LogP contribution in [0.5, 0.6) is 0 Å². The van der Waals surface area contributed by atoms with Crippen LogP contribution < -0.4 is 11.1 Å². The number of imidazole rings is 1. The number of carbonyl (C=O) groups is 2.